The molecule has 7 aromatic rings. The lowest BCUT2D eigenvalue weighted by atomic mass is 10.0. The molecule has 0 heterocycles. The predicted octanol–water partition coefficient (Wildman–Crippen LogP) is 9.49. The van der Waals surface area contributed by atoms with Crippen LogP contribution in [0.15, 0.2) is 175 Å². The first-order chi connectivity index (χ1) is 31.7. The molecule has 0 aromatic heterocycles. The molecule has 0 saturated heterocycles. The molecular weight excluding hydrogens is 991 g/mol. The van der Waals surface area contributed by atoms with E-state index in [0.717, 1.165) is 35.4 Å². The van der Waals surface area contributed by atoms with Crippen LogP contribution in [0.1, 0.15) is 22.3 Å². The minimum atomic E-state index is -5.44. The first-order valence-electron chi connectivity index (χ1n) is 19.1. The summed E-state index contributed by atoms with van der Waals surface area (Å²) in [5.74, 6) is -0.272. The van der Waals surface area contributed by atoms with Gasteiger partial charge in [0.15, 0.2) is 11.4 Å². The third-order valence-electron chi connectivity index (χ3n) is 9.60. The van der Waals surface area contributed by atoms with E-state index in [4.69, 9.17) is 8.37 Å². The van der Waals surface area contributed by atoms with Crippen molar-refractivity contribution in [3.63, 3.8) is 0 Å². The molecule has 0 aliphatic rings. The maximum atomic E-state index is 14.2. The Bertz CT molecular complexity index is 3370. The molecule has 0 aliphatic heterocycles. The van der Waals surface area contributed by atoms with Crippen molar-refractivity contribution >= 4 is 73.4 Å². The van der Waals surface area contributed by atoms with Crippen LogP contribution in [0.25, 0.3) is 21.5 Å². The fourth-order valence-electron chi connectivity index (χ4n) is 6.16. The molecule has 7 rings (SSSR count). The van der Waals surface area contributed by atoms with Crippen LogP contribution in [0.2, 0.25) is 0 Å². The van der Waals surface area contributed by atoms with E-state index in [1.807, 2.05) is 0 Å². The lowest BCUT2D eigenvalue weighted by molar-refractivity contribution is -0.0608. The molecule has 7 aromatic carbocycles. The second-order valence-electron chi connectivity index (χ2n) is 14.6. The first kappa shape index (κ1) is 48.9. The van der Waals surface area contributed by atoms with Crippen molar-refractivity contribution in [2.45, 2.75) is 45.8 Å². The lowest BCUT2D eigenvalue weighted by Crippen LogP contribution is -2.26. The molecule has 14 nitrogen and oxygen atoms in total. The Labute approximate surface area is 384 Å². The third kappa shape index (κ3) is 11.2. The van der Waals surface area contributed by atoms with Crippen LogP contribution in [-0.2, 0) is 49.0 Å². The van der Waals surface area contributed by atoms with Gasteiger partial charge < -0.3 is 8.37 Å². The highest BCUT2D eigenvalue weighted by Crippen LogP contribution is 2.31. The number of halogens is 6. The number of rotatable bonds is 14. The fourth-order valence-corrected chi connectivity index (χ4v) is 9.53. The van der Waals surface area contributed by atoms with Crippen LogP contribution < -0.4 is 8.37 Å². The summed E-state index contributed by atoms with van der Waals surface area (Å²) < 4.78 is 207. The monoisotopic (exact) mass is 1020 g/mol. The minimum absolute atomic E-state index is 0.128. The molecule has 0 N–H and O–H groups in total. The molecule has 0 amide bonds. The zero-order valence-electron chi connectivity index (χ0n) is 34.6. The fraction of sp³-hybridized carbons (Fsp3) is 0.0909. The molecule has 0 aliphatic carbocycles. The molecule has 0 saturated carbocycles. The first-order valence-corrected chi connectivity index (χ1v) is 24.7. The number of hydrogen-bond donors (Lipinski definition) is 0. The Morgan fingerprint density at radius 2 is 0.676 bits per heavy atom. The van der Waals surface area contributed by atoms with E-state index in [2.05, 4.69) is 18.9 Å². The van der Waals surface area contributed by atoms with Gasteiger partial charge in [0.25, 0.3) is 0 Å². The Morgan fingerprint density at radius 3 is 1.00 bits per heavy atom. The van der Waals surface area contributed by atoms with E-state index in [1.165, 1.54) is 72.8 Å². The summed E-state index contributed by atoms with van der Waals surface area (Å²) in [5, 5.41) is 6.43. The van der Waals surface area contributed by atoms with Gasteiger partial charge in [0.2, 0.25) is 0 Å². The smallest absolute Gasteiger partial charge is 0.379 e. The van der Waals surface area contributed by atoms with Gasteiger partial charge in [0.05, 0.1) is 0 Å². The number of benzene rings is 7. The second kappa shape index (κ2) is 18.2. The van der Waals surface area contributed by atoms with Crippen molar-refractivity contribution in [2.24, 2.45) is 10.3 Å². The van der Waals surface area contributed by atoms with Crippen molar-refractivity contribution in [3.8, 4) is 11.5 Å². The molecule has 24 heteroatoms. The predicted molar refractivity (Wildman–Crippen MR) is 234 cm³/mol. The van der Waals surface area contributed by atoms with Crippen molar-refractivity contribution < 1.29 is 76.9 Å². The van der Waals surface area contributed by atoms with Crippen molar-refractivity contribution in [1.82, 2.24) is 0 Å². The summed E-state index contributed by atoms with van der Waals surface area (Å²) in [6.45, 7) is 3.52. The highest BCUT2D eigenvalue weighted by molar-refractivity contribution is 7.87. The summed E-state index contributed by atoms with van der Waals surface area (Å²) in [6.07, 6.45) is -10.9. The summed E-state index contributed by atoms with van der Waals surface area (Å²) in [7, 11) is -18.7. The molecular formula is C44H30F6N2O12S4. The van der Waals surface area contributed by atoms with Gasteiger partial charge in [-0.25, -0.2) is 0 Å². The second-order valence-corrected chi connectivity index (χ2v) is 20.7. The van der Waals surface area contributed by atoms with Crippen LogP contribution >= 0.6 is 0 Å². The van der Waals surface area contributed by atoms with E-state index in [-0.39, 0.29) is 42.8 Å². The Kier molecular flexibility index (Phi) is 13.1. The van der Waals surface area contributed by atoms with E-state index >= 15 is 0 Å². The number of hydrogen-bond acceptors (Lipinski definition) is 14. The van der Waals surface area contributed by atoms with Gasteiger partial charge in [0, 0.05) is 11.1 Å². The Hall–Kier alpha value is -7.02. The van der Waals surface area contributed by atoms with Crippen LogP contribution in [0.5, 0.6) is 11.5 Å². The summed E-state index contributed by atoms with van der Waals surface area (Å²) >= 11 is 0. The van der Waals surface area contributed by atoms with Crippen LogP contribution in [0.3, 0.4) is 0 Å². The molecule has 68 heavy (non-hydrogen) atoms. The highest BCUT2D eigenvalue weighted by Gasteiger charge is 2.41. The Morgan fingerprint density at radius 1 is 0.382 bits per heavy atom. The van der Waals surface area contributed by atoms with Crippen molar-refractivity contribution in [3.05, 3.63) is 168 Å². The maximum absolute atomic E-state index is 14.2. The van der Waals surface area contributed by atoms with E-state index in [9.17, 15) is 60.0 Å². The summed E-state index contributed by atoms with van der Waals surface area (Å²) in [5.41, 5.74) is -4.32. The van der Waals surface area contributed by atoms with E-state index in [0.29, 0.717) is 24.3 Å². The SMILES string of the molecule is Cc1ccc(S(=O)(=O)Oc2ccc3cc(S(=O)(=O)ON=C(c4ccc(C(=NOS(=O)(=O)c5ccc6cc(OS(=O)(=O)c7ccc(C)cc7)ccc6c5)C(F)(F)F)cc4)C(F)(F)F)ccc3c2)cc1. The number of oxime groups is 2. The van der Waals surface area contributed by atoms with E-state index < -0.39 is 85.2 Å². The molecule has 0 unspecified atom stereocenters. The molecule has 0 atom stereocenters. The largest absolute Gasteiger partial charge is 0.437 e. The molecule has 0 radical (unpaired) electrons. The zero-order chi connectivity index (χ0) is 49.5. The highest BCUT2D eigenvalue weighted by atomic mass is 32.2. The zero-order valence-corrected chi connectivity index (χ0v) is 37.8. The number of nitrogens with zero attached hydrogens (tertiary/aromatic N) is 2. The normalized spacial score (nSPS) is 13.4. The number of alkyl halides is 6. The quantitative estimate of drug-likeness (QED) is 0.0433. The van der Waals surface area contributed by atoms with Gasteiger partial charge in [-0.1, -0.05) is 94.2 Å². The number of fused-ring (bicyclic) bond motifs is 2. The van der Waals surface area contributed by atoms with Gasteiger partial charge in [-0.15, -0.1) is 0 Å². The Balaban J connectivity index is 1.07. The van der Waals surface area contributed by atoms with Crippen molar-refractivity contribution in [1.29, 1.82) is 0 Å². The molecule has 0 spiro atoms. The van der Waals surface area contributed by atoms with Gasteiger partial charge in [-0.2, -0.15) is 60.0 Å². The molecule has 0 bridgehead atoms. The number of aryl methyl sites for hydroxylation is 2. The summed E-state index contributed by atoms with van der Waals surface area (Å²) in [6, 6.07) is 27.3. The average Bonchev–Trinajstić information content (AvgIpc) is 3.25. The van der Waals surface area contributed by atoms with E-state index in [1.54, 1.807) is 38.1 Å². The lowest BCUT2D eigenvalue weighted by Gasteiger charge is -2.13. The minimum Gasteiger partial charge on any atom is -0.379 e. The third-order valence-corrected chi connectivity index (χ3v) is 14.3. The molecule has 0 fully saturated rings. The maximum Gasteiger partial charge on any atom is 0.437 e. The topological polar surface area (TPSA) is 198 Å². The van der Waals surface area contributed by atoms with Crippen LogP contribution in [0, 0.1) is 13.8 Å². The van der Waals surface area contributed by atoms with Gasteiger partial charge >= 0.3 is 52.8 Å². The van der Waals surface area contributed by atoms with Gasteiger partial charge in [-0.3, -0.25) is 8.57 Å². The molecule has 354 valence electrons. The summed E-state index contributed by atoms with van der Waals surface area (Å²) in [4.78, 5) is -1.61. The van der Waals surface area contributed by atoms with Gasteiger partial charge in [-0.05, 0) is 108 Å². The van der Waals surface area contributed by atoms with Crippen LogP contribution in [-0.4, -0.2) is 57.4 Å². The van der Waals surface area contributed by atoms with Gasteiger partial charge in [0.1, 0.15) is 31.1 Å². The standard InChI is InChI=1S/C44H30F6N2O12S4/c1-27-3-17-37(18-4-27)65(53,54)61-35-15-11-33-25-39(21-13-31(33)23-35)67(57,58)63-51-41(43(45,46)47)29-7-9-30(10-8-29)42(44(48,49)50)52-64-68(59,60)40-22-14-32-24-36(16-12-34(32)26-40)62-66(55,56)38-19-5-28(2)6-20-38/h3-26H,1-2H3. The van der Waals surface area contributed by atoms with Crippen molar-refractivity contribution in [2.75, 3.05) is 0 Å². The average molecular weight is 1020 g/mol. The van der Waals surface area contributed by atoms with Crippen LogP contribution in [0.4, 0.5) is 26.3 Å².